The third kappa shape index (κ3) is 5.09. The number of hydrogen-bond acceptors (Lipinski definition) is 5. The lowest BCUT2D eigenvalue weighted by Crippen LogP contribution is -2.29. The molecule has 1 aromatic rings. The molecule has 0 saturated carbocycles. The molecule has 0 aromatic heterocycles. The Labute approximate surface area is 136 Å². The predicted molar refractivity (Wildman–Crippen MR) is 92.6 cm³/mol. The molecule has 1 atom stereocenters. The van der Waals surface area contributed by atoms with E-state index in [1.165, 1.54) is 0 Å². The highest BCUT2D eigenvalue weighted by Gasteiger charge is 2.13. The second-order valence-corrected chi connectivity index (χ2v) is 5.38. The van der Waals surface area contributed by atoms with E-state index in [1.807, 2.05) is 36.7 Å². The highest BCUT2D eigenvalue weighted by atomic mass is 16.4. The molecular formula is C18H23N3O2. The van der Waals surface area contributed by atoms with Crippen molar-refractivity contribution < 1.29 is 10.3 Å². The highest BCUT2D eigenvalue weighted by Crippen LogP contribution is 2.21. The van der Waals surface area contributed by atoms with Gasteiger partial charge in [0.1, 0.15) is 0 Å². The number of nitrogens with one attached hydrogen (secondary N) is 2. The number of hydrogen-bond donors (Lipinski definition) is 4. The van der Waals surface area contributed by atoms with Gasteiger partial charge >= 0.3 is 0 Å². The summed E-state index contributed by atoms with van der Waals surface area (Å²) in [6.45, 7) is 4.67. The normalized spacial score (nSPS) is 16.1. The van der Waals surface area contributed by atoms with Crippen molar-refractivity contribution in [2.75, 3.05) is 13.1 Å². The van der Waals surface area contributed by atoms with E-state index in [1.54, 1.807) is 6.08 Å². The van der Waals surface area contributed by atoms with Crippen LogP contribution in [0.1, 0.15) is 23.5 Å². The summed E-state index contributed by atoms with van der Waals surface area (Å²) in [5, 5.41) is 28.6. The molecule has 0 bridgehead atoms. The Hall–Kier alpha value is -2.37. The number of benzene rings is 1. The third-order valence-corrected chi connectivity index (χ3v) is 3.65. The van der Waals surface area contributed by atoms with Gasteiger partial charge in [-0.2, -0.15) is 0 Å². The predicted octanol–water partition coefficient (Wildman–Crippen LogP) is 2.11. The van der Waals surface area contributed by atoms with Gasteiger partial charge in [-0.1, -0.05) is 47.6 Å². The summed E-state index contributed by atoms with van der Waals surface area (Å²) in [7, 11) is 0. The second kappa shape index (κ2) is 8.92. The Morgan fingerprint density at radius 2 is 2.00 bits per heavy atom. The molecule has 1 aliphatic heterocycles. The number of nitrogens with zero attached hydrogens (tertiary/aromatic N) is 1. The zero-order valence-electron chi connectivity index (χ0n) is 13.0. The fourth-order valence-electron chi connectivity index (χ4n) is 2.42. The van der Waals surface area contributed by atoms with E-state index in [-0.39, 0.29) is 12.3 Å². The lowest BCUT2D eigenvalue weighted by molar-refractivity contribution is 0.179. The summed E-state index contributed by atoms with van der Waals surface area (Å²) < 4.78 is 0. The molecule has 4 N–H and O–H groups in total. The molecule has 23 heavy (non-hydrogen) atoms. The van der Waals surface area contributed by atoms with E-state index in [4.69, 9.17) is 0 Å². The first-order chi connectivity index (χ1) is 11.2. The topological polar surface area (TPSA) is 76.9 Å². The van der Waals surface area contributed by atoms with Crippen LogP contribution in [0.25, 0.3) is 0 Å². The summed E-state index contributed by atoms with van der Waals surface area (Å²) in [5.74, 6) is 0.244. The fraction of sp³-hybridized carbons (Fsp3) is 0.278. The van der Waals surface area contributed by atoms with Crippen molar-refractivity contribution in [3.05, 3.63) is 72.6 Å². The van der Waals surface area contributed by atoms with Crippen LogP contribution in [-0.2, 0) is 0 Å². The van der Waals surface area contributed by atoms with E-state index >= 15 is 0 Å². The largest absolute Gasteiger partial charge is 0.411 e. The summed E-state index contributed by atoms with van der Waals surface area (Å²) in [5.41, 5.74) is 2.44. The van der Waals surface area contributed by atoms with Crippen LogP contribution in [0.15, 0.2) is 66.6 Å². The molecule has 0 fully saturated rings. The highest BCUT2D eigenvalue weighted by molar-refractivity contribution is 6.00. The van der Waals surface area contributed by atoms with Crippen LogP contribution in [-0.4, -0.2) is 35.2 Å². The van der Waals surface area contributed by atoms with Crippen molar-refractivity contribution in [1.29, 1.82) is 0 Å². The van der Waals surface area contributed by atoms with Crippen LogP contribution in [0.5, 0.6) is 0 Å². The first-order valence-electron chi connectivity index (χ1n) is 7.65. The van der Waals surface area contributed by atoms with Gasteiger partial charge < -0.3 is 20.9 Å². The average Bonchev–Trinajstić information content (AvgIpc) is 2.61. The molecule has 1 aromatic carbocycles. The van der Waals surface area contributed by atoms with Crippen LogP contribution in [0, 0.1) is 0 Å². The van der Waals surface area contributed by atoms with Crippen LogP contribution < -0.4 is 10.6 Å². The molecule has 0 amide bonds. The standard InChI is InChI=1S/C18H23N3O2/c1-2-9-20-13-17(22)12-18(21-23)16-5-3-14(4-6-16)15-7-10-19-11-8-15/h2-8,10-11,15,17,19-20,22-23H,1,9,12-13H2. The minimum absolute atomic E-state index is 0.244. The van der Waals surface area contributed by atoms with Crippen molar-refractivity contribution >= 4 is 5.71 Å². The Balaban J connectivity index is 1.98. The first kappa shape index (κ1) is 17.0. The smallest absolute Gasteiger partial charge is 0.0894 e. The Bertz CT molecular complexity index is 579. The van der Waals surface area contributed by atoms with Crippen molar-refractivity contribution in [2.24, 2.45) is 5.16 Å². The number of rotatable bonds is 8. The summed E-state index contributed by atoms with van der Waals surface area (Å²) >= 11 is 0. The zero-order chi connectivity index (χ0) is 16.5. The second-order valence-electron chi connectivity index (χ2n) is 5.38. The lowest BCUT2D eigenvalue weighted by atomic mass is 9.95. The summed E-state index contributed by atoms with van der Waals surface area (Å²) in [6, 6.07) is 7.84. The molecule has 1 unspecified atom stereocenters. The van der Waals surface area contributed by atoms with Crippen molar-refractivity contribution in [3.63, 3.8) is 0 Å². The van der Waals surface area contributed by atoms with E-state index in [2.05, 4.69) is 34.5 Å². The van der Waals surface area contributed by atoms with Crippen LogP contribution in [0.3, 0.4) is 0 Å². The van der Waals surface area contributed by atoms with Gasteiger partial charge in [-0.15, -0.1) is 6.58 Å². The molecule has 0 radical (unpaired) electrons. The average molecular weight is 313 g/mol. The Morgan fingerprint density at radius 3 is 2.61 bits per heavy atom. The summed E-state index contributed by atoms with van der Waals surface area (Å²) in [4.78, 5) is 0. The minimum Gasteiger partial charge on any atom is -0.411 e. The van der Waals surface area contributed by atoms with Gasteiger partial charge in [0.25, 0.3) is 0 Å². The number of dihydropyridines is 1. The quantitative estimate of drug-likeness (QED) is 0.195. The molecule has 0 aliphatic carbocycles. The minimum atomic E-state index is -0.615. The number of oxime groups is 1. The number of aliphatic hydroxyl groups is 1. The van der Waals surface area contributed by atoms with Gasteiger partial charge in [0.15, 0.2) is 0 Å². The molecule has 0 spiro atoms. The maximum atomic E-state index is 9.98. The Kier molecular flexibility index (Phi) is 6.59. The fourth-order valence-corrected chi connectivity index (χ4v) is 2.42. The van der Waals surface area contributed by atoms with Crippen LogP contribution in [0.2, 0.25) is 0 Å². The maximum Gasteiger partial charge on any atom is 0.0894 e. The first-order valence-corrected chi connectivity index (χ1v) is 7.65. The third-order valence-electron chi connectivity index (χ3n) is 3.65. The molecule has 1 heterocycles. The van der Waals surface area contributed by atoms with Gasteiger partial charge in [0.2, 0.25) is 0 Å². The van der Waals surface area contributed by atoms with Gasteiger partial charge in [0, 0.05) is 25.4 Å². The van der Waals surface area contributed by atoms with Crippen molar-refractivity contribution in [2.45, 2.75) is 18.4 Å². The van der Waals surface area contributed by atoms with Crippen molar-refractivity contribution in [1.82, 2.24) is 10.6 Å². The zero-order valence-corrected chi connectivity index (χ0v) is 13.0. The van der Waals surface area contributed by atoms with Gasteiger partial charge in [0.05, 0.1) is 11.8 Å². The SMILES string of the molecule is C=CCNCC(O)CC(=NO)c1ccc(C2C=CNC=C2)cc1. The number of allylic oxidation sites excluding steroid dienone is 2. The monoisotopic (exact) mass is 313 g/mol. The molecule has 1 aliphatic rings. The maximum absolute atomic E-state index is 9.98. The van der Waals surface area contributed by atoms with Crippen molar-refractivity contribution in [3.8, 4) is 0 Å². The molecule has 0 saturated heterocycles. The lowest BCUT2D eigenvalue weighted by Gasteiger charge is -2.14. The van der Waals surface area contributed by atoms with Gasteiger partial charge in [-0.25, -0.2) is 0 Å². The van der Waals surface area contributed by atoms with E-state index in [0.717, 1.165) is 11.1 Å². The Morgan fingerprint density at radius 1 is 1.30 bits per heavy atom. The molecule has 5 nitrogen and oxygen atoms in total. The van der Waals surface area contributed by atoms with E-state index in [0.29, 0.717) is 18.8 Å². The molecule has 122 valence electrons. The molecule has 2 rings (SSSR count). The number of aliphatic hydroxyl groups excluding tert-OH is 1. The van der Waals surface area contributed by atoms with E-state index < -0.39 is 6.10 Å². The molecule has 5 heteroatoms. The van der Waals surface area contributed by atoms with E-state index in [9.17, 15) is 10.3 Å². The van der Waals surface area contributed by atoms with Crippen LogP contribution in [0.4, 0.5) is 0 Å². The van der Waals surface area contributed by atoms with Crippen LogP contribution >= 0.6 is 0 Å². The van der Waals surface area contributed by atoms with Gasteiger partial charge in [-0.3, -0.25) is 0 Å². The summed E-state index contributed by atoms with van der Waals surface area (Å²) in [6.07, 6.45) is 9.37. The molecular weight excluding hydrogens is 290 g/mol. The van der Waals surface area contributed by atoms with Gasteiger partial charge in [-0.05, 0) is 23.5 Å².